The number of fused-ring (bicyclic) bond motifs is 1. The van der Waals surface area contributed by atoms with Crippen molar-refractivity contribution < 1.29 is 9.13 Å². The van der Waals surface area contributed by atoms with Crippen LogP contribution in [0.2, 0.25) is 0 Å². The molecule has 3 rings (SSSR count). The van der Waals surface area contributed by atoms with Crippen molar-refractivity contribution in [3.05, 3.63) is 47.8 Å². The van der Waals surface area contributed by atoms with Crippen molar-refractivity contribution in [3.8, 4) is 5.75 Å². The van der Waals surface area contributed by atoms with Crippen molar-refractivity contribution in [1.82, 2.24) is 4.98 Å². The summed E-state index contributed by atoms with van der Waals surface area (Å²) in [6, 6.07) is 10.4. The summed E-state index contributed by atoms with van der Waals surface area (Å²) in [5.41, 5.74) is 2.60. The van der Waals surface area contributed by atoms with Crippen LogP contribution in [0.5, 0.6) is 5.75 Å². The molecule has 3 aromatic rings. The summed E-state index contributed by atoms with van der Waals surface area (Å²) in [4.78, 5) is 4.48. The molecular weight excluding hydrogens is 275 g/mol. The maximum Gasteiger partial charge on any atom is 0.188 e. The fourth-order valence-electron chi connectivity index (χ4n) is 1.93. The maximum atomic E-state index is 13.3. The lowest BCUT2D eigenvalue weighted by Crippen LogP contribution is -1.93. The quantitative estimate of drug-likeness (QED) is 0.770. The second-order valence-electron chi connectivity index (χ2n) is 4.44. The number of thiazole rings is 1. The van der Waals surface area contributed by atoms with E-state index in [9.17, 15) is 4.39 Å². The van der Waals surface area contributed by atoms with Crippen molar-refractivity contribution in [3.63, 3.8) is 0 Å². The molecule has 0 atom stereocenters. The van der Waals surface area contributed by atoms with E-state index < -0.39 is 0 Å². The van der Waals surface area contributed by atoms with Gasteiger partial charge in [-0.25, -0.2) is 9.37 Å². The zero-order chi connectivity index (χ0) is 14.1. The minimum atomic E-state index is -0.263. The molecule has 1 heterocycles. The standard InChI is InChI=1S/C15H13FN2OS/c1-9-3-4-10(16)7-13(9)18-15-17-12-6-5-11(19-2)8-14(12)20-15/h3-8H,1-2H3,(H,17,18). The van der Waals surface area contributed by atoms with Gasteiger partial charge in [-0.15, -0.1) is 0 Å². The second kappa shape index (κ2) is 5.09. The number of aromatic nitrogens is 1. The summed E-state index contributed by atoms with van der Waals surface area (Å²) in [5.74, 6) is 0.538. The van der Waals surface area contributed by atoms with Gasteiger partial charge in [-0.3, -0.25) is 0 Å². The van der Waals surface area contributed by atoms with Crippen molar-refractivity contribution in [2.45, 2.75) is 6.92 Å². The molecule has 0 fully saturated rings. The first-order valence-electron chi connectivity index (χ1n) is 6.13. The number of hydrogen-bond acceptors (Lipinski definition) is 4. The molecule has 2 aromatic carbocycles. The van der Waals surface area contributed by atoms with Crippen molar-refractivity contribution in [1.29, 1.82) is 0 Å². The molecule has 0 aliphatic rings. The molecule has 3 nitrogen and oxygen atoms in total. The van der Waals surface area contributed by atoms with Gasteiger partial charge in [0.2, 0.25) is 0 Å². The van der Waals surface area contributed by atoms with Crippen LogP contribution < -0.4 is 10.1 Å². The van der Waals surface area contributed by atoms with Crippen LogP contribution in [0.25, 0.3) is 10.2 Å². The normalized spacial score (nSPS) is 10.8. The number of ether oxygens (including phenoxy) is 1. The molecule has 0 bridgehead atoms. The third kappa shape index (κ3) is 2.44. The van der Waals surface area contributed by atoms with Crippen LogP contribution in [0.4, 0.5) is 15.2 Å². The Kier molecular flexibility index (Phi) is 3.28. The third-order valence-electron chi connectivity index (χ3n) is 3.04. The Hall–Kier alpha value is -2.14. The molecular formula is C15H13FN2OS. The molecule has 0 aliphatic heterocycles. The van der Waals surface area contributed by atoms with Gasteiger partial charge in [0.15, 0.2) is 5.13 Å². The third-order valence-corrected chi connectivity index (χ3v) is 3.97. The average Bonchev–Trinajstić information content (AvgIpc) is 2.84. The summed E-state index contributed by atoms with van der Waals surface area (Å²) < 4.78 is 19.5. The molecule has 0 unspecified atom stereocenters. The molecule has 0 saturated carbocycles. The Balaban J connectivity index is 1.96. The number of nitrogens with one attached hydrogen (secondary N) is 1. The molecule has 0 aliphatic carbocycles. The Morgan fingerprint density at radius 3 is 2.85 bits per heavy atom. The van der Waals surface area contributed by atoms with Crippen LogP contribution in [0.1, 0.15) is 5.56 Å². The molecule has 20 heavy (non-hydrogen) atoms. The highest BCUT2D eigenvalue weighted by Crippen LogP contribution is 2.31. The first-order valence-corrected chi connectivity index (χ1v) is 6.95. The smallest absolute Gasteiger partial charge is 0.188 e. The van der Waals surface area contributed by atoms with Crippen LogP contribution in [0, 0.1) is 12.7 Å². The van der Waals surface area contributed by atoms with Gasteiger partial charge in [0.05, 0.1) is 17.3 Å². The van der Waals surface area contributed by atoms with Gasteiger partial charge < -0.3 is 10.1 Å². The van der Waals surface area contributed by atoms with E-state index in [1.165, 1.54) is 23.5 Å². The number of benzene rings is 2. The van der Waals surface area contributed by atoms with E-state index in [1.807, 2.05) is 25.1 Å². The average molecular weight is 288 g/mol. The van der Waals surface area contributed by atoms with E-state index >= 15 is 0 Å². The predicted molar refractivity (Wildman–Crippen MR) is 80.6 cm³/mol. The van der Waals surface area contributed by atoms with E-state index in [2.05, 4.69) is 10.3 Å². The Labute approximate surface area is 120 Å². The van der Waals surface area contributed by atoms with Gasteiger partial charge in [0.25, 0.3) is 0 Å². The Bertz CT molecular complexity index is 770. The Morgan fingerprint density at radius 1 is 1.20 bits per heavy atom. The molecule has 0 saturated heterocycles. The summed E-state index contributed by atoms with van der Waals surface area (Å²) in [6.45, 7) is 1.93. The van der Waals surface area contributed by atoms with Gasteiger partial charge in [-0.1, -0.05) is 17.4 Å². The van der Waals surface area contributed by atoms with Crippen molar-refractivity contribution in [2.24, 2.45) is 0 Å². The van der Waals surface area contributed by atoms with Crippen LogP contribution >= 0.6 is 11.3 Å². The fourth-order valence-corrected chi connectivity index (χ4v) is 2.84. The first kappa shape index (κ1) is 12.9. The summed E-state index contributed by atoms with van der Waals surface area (Å²) in [5, 5.41) is 3.90. The lowest BCUT2D eigenvalue weighted by Gasteiger charge is -2.05. The lowest BCUT2D eigenvalue weighted by molar-refractivity contribution is 0.415. The highest BCUT2D eigenvalue weighted by atomic mass is 32.1. The lowest BCUT2D eigenvalue weighted by atomic mass is 10.2. The minimum Gasteiger partial charge on any atom is -0.497 e. The summed E-state index contributed by atoms with van der Waals surface area (Å²) >= 11 is 1.51. The van der Waals surface area contributed by atoms with Crippen molar-refractivity contribution in [2.75, 3.05) is 12.4 Å². The van der Waals surface area contributed by atoms with Crippen LogP contribution in [0.15, 0.2) is 36.4 Å². The van der Waals surface area contributed by atoms with Crippen molar-refractivity contribution >= 4 is 32.4 Å². The molecule has 0 amide bonds. The summed E-state index contributed by atoms with van der Waals surface area (Å²) in [6.07, 6.45) is 0. The highest BCUT2D eigenvalue weighted by Gasteiger charge is 2.07. The van der Waals surface area contributed by atoms with Gasteiger partial charge >= 0.3 is 0 Å². The van der Waals surface area contributed by atoms with Crippen LogP contribution in [0.3, 0.4) is 0 Å². The molecule has 1 N–H and O–H groups in total. The highest BCUT2D eigenvalue weighted by molar-refractivity contribution is 7.22. The SMILES string of the molecule is COc1ccc2nc(Nc3cc(F)ccc3C)sc2c1. The zero-order valence-corrected chi connectivity index (χ0v) is 11.9. The molecule has 5 heteroatoms. The largest absolute Gasteiger partial charge is 0.497 e. The number of rotatable bonds is 3. The van der Waals surface area contributed by atoms with E-state index in [0.717, 1.165) is 32.3 Å². The van der Waals surface area contributed by atoms with E-state index in [4.69, 9.17) is 4.74 Å². The number of hydrogen-bond donors (Lipinski definition) is 1. The number of methoxy groups -OCH3 is 1. The molecule has 102 valence electrons. The topological polar surface area (TPSA) is 34.1 Å². The number of anilines is 2. The zero-order valence-electron chi connectivity index (χ0n) is 11.1. The van der Waals surface area contributed by atoms with Gasteiger partial charge in [-0.2, -0.15) is 0 Å². The second-order valence-corrected chi connectivity index (χ2v) is 5.47. The fraction of sp³-hybridized carbons (Fsp3) is 0.133. The summed E-state index contributed by atoms with van der Waals surface area (Å²) in [7, 11) is 1.64. The Morgan fingerprint density at radius 2 is 2.05 bits per heavy atom. The predicted octanol–water partition coefficient (Wildman–Crippen LogP) is 4.50. The number of nitrogens with zero attached hydrogens (tertiary/aromatic N) is 1. The van der Waals surface area contributed by atoms with Crippen LogP contribution in [-0.2, 0) is 0 Å². The minimum absolute atomic E-state index is 0.263. The molecule has 1 aromatic heterocycles. The van der Waals surface area contributed by atoms with E-state index in [1.54, 1.807) is 13.2 Å². The molecule has 0 radical (unpaired) electrons. The van der Waals surface area contributed by atoms with Gasteiger partial charge in [-0.05, 0) is 42.8 Å². The van der Waals surface area contributed by atoms with Gasteiger partial charge in [0.1, 0.15) is 11.6 Å². The van der Waals surface area contributed by atoms with Crippen LogP contribution in [-0.4, -0.2) is 12.1 Å². The first-order chi connectivity index (χ1) is 9.65. The van der Waals surface area contributed by atoms with E-state index in [0.29, 0.717) is 0 Å². The van der Waals surface area contributed by atoms with E-state index in [-0.39, 0.29) is 5.82 Å². The number of aryl methyl sites for hydroxylation is 1. The number of halogens is 1. The van der Waals surface area contributed by atoms with Gasteiger partial charge in [0, 0.05) is 5.69 Å². The monoisotopic (exact) mass is 288 g/mol. The maximum absolute atomic E-state index is 13.3. The molecule has 0 spiro atoms.